The lowest BCUT2D eigenvalue weighted by atomic mass is 10.0. The quantitative estimate of drug-likeness (QED) is 0.748. The van der Waals surface area contributed by atoms with Crippen molar-refractivity contribution in [3.8, 4) is 17.5 Å². The summed E-state index contributed by atoms with van der Waals surface area (Å²) in [5.74, 6) is -1.74. The van der Waals surface area contributed by atoms with Gasteiger partial charge in [-0.05, 0) is 11.6 Å². The Morgan fingerprint density at radius 1 is 1.35 bits per heavy atom. The van der Waals surface area contributed by atoms with E-state index in [1.807, 2.05) is 30.3 Å². The van der Waals surface area contributed by atoms with Crippen LogP contribution < -0.4 is 5.32 Å². The molecule has 0 saturated carbocycles. The van der Waals surface area contributed by atoms with Gasteiger partial charge in [0.25, 0.3) is 0 Å². The van der Waals surface area contributed by atoms with Crippen molar-refractivity contribution < 1.29 is 9.59 Å². The first kappa shape index (κ1) is 16.3. The molecule has 1 N–H and O–H groups in total. The molecular formula is C15H16N6O2. The maximum absolute atomic E-state index is 11.8. The summed E-state index contributed by atoms with van der Waals surface area (Å²) in [6.07, 6.45) is 0.534. The molecule has 118 valence electrons. The van der Waals surface area contributed by atoms with E-state index in [4.69, 9.17) is 5.26 Å². The number of tetrazole rings is 1. The molecule has 0 unspecified atom stereocenters. The van der Waals surface area contributed by atoms with Gasteiger partial charge in [-0.2, -0.15) is 10.1 Å². The number of aromatic nitrogens is 4. The van der Waals surface area contributed by atoms with E-state index in [0.29, 0.717) is 18.8 Å². The zero-order valence-corrected chi connectivity index (χ0v) is 12.6. The summed E-state index contributed by atoms with van der Waals surface area (Å²) in [5.41, 5.74) is 0.860. The molecule has 0 aliphatic carbocycles. The topological polar surface area (TPSA) is 114 Å². The maximum atomic E-state index is 11.8. The van der Waals surface area contributed by atoms with Crippen LogP contribution in [0.25, 0.3) is 11.4 Å². The van der Waals surface area contributed by atoms with Crippen LogP contribution in [0, 0.1) is 17.2 Å². The number of rotatable bonds is 7. The summed E-state index contributed by atoms with van der Waals surface area (Å²) < 4.78 is 0. The predicted octanol–water partition coefficient (Wildman–Crippen LogP) is 0.575. The highest BCUT2D eigenvalue weighted by molar-refractivity contribution is 6.03. The van der Waals surface area contributed by atoms with Crippen molar-refractivity contribution in [2.45, 2.75) is 19.4 Å². The SMILES string of the molecule is CNC(=O)[C@@H](C#N)C(=O)CCCn1nnc(-c2ccccc2)n1. The second-order valence-electron chi connectivity index (χ2n) is 4.82. The lowest BCUT2D eigenvalue weighted by Crippen LogP contribution is -2.32. The van der Waals surface area contributed by atoms with E-state index in [1.54, 1.807) is 6.07 Å². The number of hydrogen-bond donors (Lipinski definition) is 1. The smallest absolute Gasteiger partial charge is 0.244 e. The molecule has 0 saturated heterocycles. The number of ketones is 1. The third-order valence-corrected chi connectivity index (χ3v) is 3.23. The van der Waals surface area contributed by atoms with Crippen LogP contribution in [0.2, 0.25) is 0 Å². The van der Waals surface area contributed by atoms with E-state index >= 15 is 0 Å². The molecule has 0 bridgehead atoms. The average Bonchev–Trinajstić information content (AvgIpc) is 3.05. The number of nitrogens with one attached hydrogen (secondary N) is 1. The highest BCUT2D eigenvalue weighted by Gasteiger charge is 2.24. The Labute approximate surface area is 133 Å². The number of hydrogen-bond acceptors (Lipinski definition) is 6. The van der Waals surface area contributed by atoms with Gasteiger partial charge in [-0.25, -0.2) is 0 Å². The Bertz CT molecular complexity index is 719. The van der Waals surface area contributed by atoms with Crippen molar-refractivity contribution >= 4 is 11.7 Å². The van der Waals surface area contributed by atoms with Crippen molar-refractivity contribution in [1.29, 1.82) is 5.26 Å². The summed E-state index contributed by atoms with van der Waals surface area (Å²) in [7, 11) is 1.39. The van der Waals surface area contributed by atoms with Crippen LogP contribution in [0.3, 0.4) is 0 Å². The molecule has 1 aromatic carbocycles. The van der Waals surface area contributed by atoms with Crippen molar-refractivity contribution in [3.63, 3.8) is 0 Å². The lowest BCUT2D eigenvalue weighted by molar-refractivity contribution is -0.131. The summed E-state index contributed by atoms with van der Waals surface area (Å²) in [4.78, 5) is 24.6. The summed E-state index contributed by atoms with van der Waals surface area (Å²) in [6.45, 7) is 0.386. The molecule has 23 heavy (non-hydrogen) atoms. The van der Waals surface area contributed by atoms with Gasteiger partial charge in [0, 0.05) is 19.0 Å². The molecule has 0 aliphatic rings. The fraction of sp³-hybridized carbons (Fsp3) is 0.333. The largest absolute Gasteiger partial charge is 0.358 e. The molecule has 1 amide bonds. The predicted molar refractivity (Wildman–Crippen MR) is 80.7 cm³/mol. The standard InChI is InChI=1S/C15H16N6O2/c1-17-15(23)12(10-16)13(22)8-5-9-21-19-14(18-20-21)11-6-3-2-4-7-11/h2-4,6-7,12H,5,8-9H2,1H3,(H,17,23)/t12-/m0/s1. The monoisotopic (exact) mass is 312 g/mol. The molecule has 1 heterocycles. The minimum Gasteiger partial charge on any atom is -0.358 e. The molecule has 2 aromatic rings. The molecule has 8 nitrogen and oxygen atoms in total. The van der Waals surface area contributed by atoms with Gasteiger partial charge >= 0.3 is 0 Å². The minimum absolute atomic E-state index is 0.105. The fourth-order valence-corrected chi connectivity index (χ4v) is 2.00. The fourth-order valence-electron chi connectivity index (χ4n) is 2.00. The van der Waals surface area contributed by atoms with Gasteiger partial charge in [0.05, 0.1) is 12.6 Å². The highest BCUT2D eigenvalue weighted by Crippen LogP contribution is 2.12. The van der Waals surface area contributed by atoms with Gasteiger partial charge < -0.3 is 5.32 Å². The summed E-state index contributed by atoms with van der Waals surface area (Å²) in [6, 6.07) is 11.1. The first-order chi connectivity index (χ1) is 11.2. The van der Waals surface area contributed by atoms with Crippen LogP contribution in [-0.4, -0.2) is 38.9 Å². The van der Waals surface area contributed by atoms with E-state index in [0.717, 1.165) is 5.56 Å². The van der Waals surface area contributed by atoms with Crippen LogP contribution in [0.15, 0.2) is 30.3 Å². The zero-order valence-electron chi connectivity index (χ0n) is 12.6. The Balaban J connectivity index is 1.88. The number of amides is 1. The van der Waals surface area contributed by atoms with E-state index in [-0.39, 0.29) is 6.42 Å². The van der Waals surface area contributed by atoms with Gasteiger partial charge in [0.15, 0.2) is 11.7 Å². The van der Waals surface area contributed by atoms with E-state index in [2.05, 4.69) is 20.7 Å². The maximum Gasteiger partial charge on any atom is 0.244 e. The lowest BCUT2D eigenvalue weighted by Gasteiger charge is -2.05. The van der Waals surface area contributed by atoms with Gasteiger partial charge in [-0.3, -0.25) is 9.59 Å². The molecule has 0 radical (unpaired) electrons. The third kappa shape index (κ3) is 4.20. The molecule has 0 fully saturated rings. The van der Waals surface area contributed by atoms with Crippen molar-refractivity contribution in [3.05, 3.63) is 30.3 Å². The van der Waals surface area contributed by atoms with E-state index < -0.39 is 17.6 Å². The Morgan fingerprint density at radius 2 is 2.09 bits per heavy atom. The van der Waals surface area contributed by atoms with Crippen LogP contribution in [0.4, 0.5) is 0 Å². The van der Waals surface area contributed by atoms with Gasteiger partial charge in [0.1, 0.15) is 0 Å². The number of Topliss-reactive ketones (excluding diaryl/α,β-unsaturated/α-hetero) is 1. The Kier molecular flexibility index (Phi) is 5.52. The molecule has 2 rings (SSSR count). The van der Waals surface area contributed by atoms with E-state index in [1.165, 1.54) is 11.8 Å². The average molecular weight is 312 g/mol. The van der Waals surface area contributed by atoms with Gasteiger partial charge in [-0.1, -0.05) is 30.3 Å². The summed E-state index contributed by atoms with van der Waals surface area (Å²) >= 11 is 0. The van der Waals surface area contributed by atoms with Crippen molar-refractivity contribution in [2.75, 3.05) is 7.05 Å². The van der Waals surface area contributed by atoms with Crippen LogP contribution >= 0.6 is 0 Å². The Hall–Kier alpha value is -3.08. The summed E-state index contributed by atoms with van der Waals surface area (Å²) in [5, 5.41) is 23.3. The third-order valence-electron chi connectivity index (χ3n) is 3.23. The first-order valence-electron chi connectivity index (χ1n) is 7.13. The zero-order chi connectivity index (χ0) is 16.7. The number of benzene rings is 1. The number of aryl methyl sites for hydroxylation is 1. The van der Waals surface area contributed by atoms with Crippen LogP contribution in [0.1, 0.15) is 12.8 Å². The van der Waals surface area contributed by atoms with Crippen molar-refractivity contribution in [1.82, 2.24) is 25.5 Å². The minimum atomic E-state index is -1.26. The second-order valence-corrected chi connectivity index (χ2v) is 4.82. The number of carbonyl (C=O) groups is 2. The first-order valence-corrected chi connectivity index (χ1v) is 7.13. The molecule has 1 atom stereocenters. The number of nitriles is 1. The molecule has 0 spiro atoms. The number of carbonyl (C=O) groups excluding carboxylic acids is 2. The van der Waals surface area contributed by atoms with Crippen LogP contribution in [0.5, 0.6) is 0 Å². The molecular weight excluding hydrogens is 296 g/mol. The highest BCUT2D eigenvalue weighted by atomic mass is 16.2. The van der Waals surface area contributed by atoms with Crippen molar-refractivity contribution in [2.24, 2.45) is 5.92 Å². The van der Waals surface area contributed by atoms with Crippen LogP contribution in [-0.2, 0) is 16.1 Å². The molecule has 0 aliphatic heterocycles. The van der Waals surface area contributed by atoms with E-state index in [9.17, 15) is 9.59 Å². The number of nitrogens with zero attached hydrogens (tertiary/aromatic N) is 5. The Morgan fingerprint density at radius 3 is 2.74 bits per heavy atom. The second kappa shape index (κ2) is 7.79. The van der Waals surface area contributed by atoms with Gasteiger partial charge in [-0.15, -0.1) is 10.2 Å². The van der Waals surface area contributed by atoms with Gasteiger partial charge in [0.2, 0.25) is 11.7 Å². The normalized spacial score (nSPS) is 11.5. The molecule has 1 aromatic heterocycles. The molecule has 8 heteroatoms.